The van der Waals surface area contributed by atoms with E-state index in [1.807, 2.05) is 35.5 Å². The lowest BCUT2D eigenvalue weighted by Crippen LogP contribution is -2.47. The van der Waals surface area contributed by atoms with Crippen LogP contribution >= 0.6 is 0 Å². The first-order valence-corrected chi connectivity index (χ1v) is 13.8. The van der Waals surface area contributed by atoms with Gasteiger partial charge in [0.15, 0.2) is 0 Å². The van der Waals surface area contributed by atoms with Crippen molar-refractivity contribution in [3.8, 4) is 11.5 Å². The molecule has 0 aliphatic carbocycles. The maximum Gasteiger partial charge on any atom is 0.314 e. The Kier molecular flexibility index (Phi) is 8.21. The Hall–Kier alpha value is -2.76. The molecule has 2 aromatic heterocycles. The van der Waals surface area contributed by atoms with Crippen LogP contribution in [0.15, 0.2) is 47.0 Å². The van der Waals surface area contributed by atoms with Crippen molar-refractivity contribution in [1.82, 2.24) is 20.1 Å². The number of pyridine rings is 1. The van der Waals surface area contributed by atoms with Gasteiger partial charge in [0, 0.05) is 31.1 Å². The fraction of sp³-hybridized carbons (Fsp3) is 0.500. The molecule has 8 nitrogen and oxygen atoms in total. The Labute approximate surface area is 217 Å². The van der Waals surface area contributed by atoms with Gasteiger partial charge in [-0.2, -0.15) is 8.78 Å². The summed E-state index contributed by atoms with van der Waals surface area (Å²) in [6, 6.07) is 12.0. The minimum absolute atomic E-state index is 0.00949. The molecule has 1 unspecified atom stereocenters. The average molecular weight is 532 g/mol. The third-order valence-corrected chi connectivity index (χ3v) is 8.80. The second kappa shape index (κ2) is 11.7. The lowest BCUT2D eigenvalue weighted by atomic mass is 10.0. The predicted molar refractivity (Wildman–Crippen MR) is 136 cm³/mol. The third-order valence-electron chi connectivity index (χ3n) is 6.98. The first-order valence-electron chi connectivity index (χ1n) is 12.6. The van der Waals surface area contributed by atoms with Crippen LogP contribution in [0.25, 0.3) is 11.5 Å². The Morgan fingerprint density at radius 1 is 1.11 bits per heavy atom. The lowest BCUT2D eigenvalue weighted by Gasteiger charge is -2.40. The number of rotatable bonds is 8. The molecule has 2 saturated heterocycles. The molecule has 1 atom stereocenters. The molecule has 2 fully saturated rings. The maximum absolute atomic E-state index is 13.9. The fourth-order valence-electron chi connectivity index (χ4n) is 4.95. The number of hydrogen-bond donors (Lipinski definition) is 0. The summed E-state index contributed by atoms with van der Waals surface area (Å²) in [5, 5.41) is 7.10. The molecule has 1 aromatic carbocycles. The summed E-state index contributed by atoms with van der Waals surface area (Å²) in [6.45, 7) is 5.90. The smallest absolute Gasteiger partial charge is 0.314 e. The van der Waals surface area contributed by atoms with Gasteiger partial charge in [-0.05, 0) is 75.5 Å². The summed E-state index contributed by atoms with van der Waals surface area (Å²) in [6.07, 6.45) is 2.58. The van der Waals surface area contributed by atoms with E-state index in [0.717, 1.165) is 63.2 Å². The van der Waals surface area contributed by atoms with E-state index in [9.17, 15) is 13.0 Å². The molecule has 2 aliphatic rings. The van der Waals surface area contributed by atoms with Gasteiger partial charge < -0.3 is 14.1 Å². The van der Waals surface area contributed by atoms with Crippen LogP contribution in [0.2, 0.25) is 0 Å². The van der Waals surface area contributed by atoms with E-state index in [1.54, 1.807) is 12.1 Å². The number of nitrogens with zero attached hydrogens (tertiary/aromatic N) is 5. The molecule has 0 radical (unpaired) electrons. The van der Waals surface area contributed by atoms with Crippen molar-refractivity contribution in [2.45, 2.75) is 56.9 Å². The van der Waals surface area contributed by atoms with Crippen molar-refractivity contribution < 1.29 is 22.1 Å². The number of anilines is 1. The molecule has 5 rings (SSSR count). The standard InChI is InChI=1S/C26H31F2N5O3S/c1-18-3-2-4-22(15-18)33(37(34)23-7-11-32(12-8-23)21-9-13-35-14-10-21)17-20-6-5-19(16-29-20)25-30-31-26(36-25)24(27)28/h2-6,15-16,21,23-24H,7-14,17H2,1H3. The molecule has 0 bridgehead atoms. The zero-order valence-electron chi connectivity index (χ0n) is 20.8. The molecule has 37 heavy (non-hydrogen) atoms. The quantitative estimate of drug-likeness (QED) is 0.417. The van der Waals surface area contributed by atoms with Gasteiger partial charge in [0.1, 0.15) is 11.0 Å². The number of alkyl halides is 2. The monoisotopic (exact) mass is 531 g/mol. The molecule has 0 saturated carbocycles. The SMILES string of the molecule is Cc1cccc(N(Cc2ccc(-c3nnc(C(F)F)o3)cn2)S(=O)C2CCN(C3CCOCC3)CC2)c1. The second-order valence-corrected chi connectivity index (χ2v) is 11.2. The largest absolute Gasteiger partial charge is 0.415 e. The molecular weight excluding hydrogens is 500 g/mol. The number of likely N-dealkylation sites (tertiary alicyclic amines) is 1. The van der Waals surface area contributed by atoms with Gasteiger partial charge in [-0.1, -0.05) is 12.1 Å². The van der Waals surface area contributed by atoms with Crippen LogP contribution in [0.5, 0.6) is 0 Å². The molecule has 3 aromatic rings. The molecule has 4 heterocycles. The summed E-state index contributed by atoms with van der Waals surface area (Å²) >= 11 is 0. The number of benzene rings is 1. The van der Waals surface area contributed by atoms with Crippen LogP contribution in [0, 0.1) is 6.92 Å². The molecule has 0 amide bonds. The van der Waals surface area contributed by atoms with Gasteiger partial charge in [0.25, 0.3) is 5.89 Å². The van der Waals surface area contributed by atoms with E-state index in [0.29, 0.717) is 23.8 Å². The summed E-state index contributed by atoms with van der Waals surface area (Å²) in [4.78, 5) is 7.02. The number of hydrogen-bond acceptors (Lipinski definition) is 7. The van der Waals surface area contributed by atoms with Gasteiger partial charge in [0.05, 0.1) is 23.1 Å². The van der Waals surface area contributed by atoms with Crippen LogP contribution in [-0.4, -0.2) is 61.9 Å². The molecule has 0 N–H and O–H groups in total. The van der Waals surface area contributed by atoms with E-state index < -0.39 is 23.3 Å². The Balaban J connectivity index is 1.30. The van der Waals surface area contributed by atoms with Crippen LogP contribution in [-0.2, 0) is 22.3 Å². The van der Waals surface area contributed by atoms with Crippen molar-refractivity contribution in [1.29, 1.82) is 0 Å². The van der Waals surface area contributed by atoms with Gasteiger partial charge in [-0.15, -0.1) is 10.2 Å². The Morgan fingerprint density at radius 2 is 1.89 bits per heavy atom. The van der Waals surface area contributed by atoms with Crippen LogP contribution in [0.3, 0.4) is 0 Å². The average Bonchev–Trinajstić information content (AvgIpc) is 3.43. The highest BCUT2D eigenvalue weighted by atomic mass is 32.2. The number of ether oxygens (including phenoxy) is 1. The van der Waals surface area contributed by atoms with Gasteiger partial charge >= 0.3 is 6.43 Å². The molecule has 2 aliphatic heterocycles. The van der Waals surface area contributed by atoms with E-state index in [1.165, 1.54) is 6.20 Å². The summed E-state index contributed by atoms with van der Waals surface area (Å²) < 4.78 is 51.9. The zero-order chi connectivity index (χ0) is 25.8. The maximum atomic E-state index is 13.9. The molecule has 0 spiro atoms. The fourth-order valence-corrected chi connectivity index (χ4v) is 6.50. The van der Waals surface area contributed by atoms with E-state index in [2.05, 4.69) is 20.1 Å². The predicted octanol–water partition coefficient (Wildman–Crippen LogP) is 4.69. The van der Waals surface area contributed by atoms with Crippen molar-refractivity contribution in [3.63, 3.8) is 0 Å². The molecule has 11 heteroatoms. The Bertz CT molecular complexity index is 1190. The van der Waals surface area contributed by atoms with Crippen LogP contribution in [0.1, 0.15) is 49.3 Å². The number of halogens is 2. The zero-order valence-corrected chi connectivity index (χ0v) is 21.6. The first-order chi connectivity index (χ1) is 18.0. The van der Waals surface area contributed by atoms with E-state index in [4.69, 9.17) is 9.15 Å². The normalized spacial score (nSPS) is 18.8. The van der Waals surface area contributed by atoms with Crippen LogP contribution < -0.4 is 4.31 Å². The second-order valence-electron chi connectivity index (χ2n) is 9.52. The van der Waals surface area contributed by atoms with Crippen molar-refractivity contribution in [3.05, 3.63) is 59.7 Å². The molecule has 198 valence electrons. The Morgan fingerprint density at radius 3 is 2.54 bits per heavy atom. The first kappa shape index (κ1) is 25.9. The summed E-state index contributed by atoms with van der Waals surface area (Å²) in [5.41, 5.74) is 3.12. The van der Waals surface area contributed by atoms with Crippen molar-refractivity contribution in [2.24, 2.45) is 0 Å². The third kappa shape index (κ3) is 6.22. The number of aromatic nitrogens is 3. The van der Waals surface area contributed by atoms with Gasteiger partial charge in [-0.3, -0.25) is 9.29 Å². The summed E-state index contributed by atoms with van der Waals surface area (Å²) in [5.74, 6) is -0.729. The van der Waals surface area contributed by atoms with Gasteiger partial charge in [-0.25, -0.2) is 4.21 Å². The number of aryl methyl sites for hydroxylation is 1. The minimum atomic E-state index is -2.82. The van der Waals surface area contributed by atoms with Gasteiger partial charge in [0.2, 0.25) is 5.89 Å². The minimum Gasteiger partial charge on any atom is -0.415 e. The topological polar surface area (TPSA) is 84.6 Å². The molecular formula is C26H31F2N5O3S. The van der Waals surface area contributed by atoms with E-state index in [-0.39, 0.29) is 11.1 Å². The highest BCUT2D eigenvalue weighted by Crippen LogP contribution is 2.28. The number of piperidine rings is 1. The van der Waals surface area contributed by atoms with Crippen molar-refractivity contribution >= 4 is 16.7 Å². The highest BCUT2D eigenvalue weighted by molar-refractivity contribution is 7.87. The highest BCUT2D eigenvalue weighted by Gasteiger charge is 2.32. The lowest BCUT2D eigenvalue weighted by molar-refractivity contribution is 0.0278. The van der Waals surface area contributed by atoms with Crippen LogP contribution in [0.4, 0.5) is 14.5 Å². The van der Waals surface area contributed by atoms with E-state index >= 15 is 0 Å². The van der Waals surface area contributed by atoms with Crippen molar-refractivity contribution in [2.75, 3.05) is 30.6 Å². The summed E-state index contributed by atoms with van der Waals surface area (Å²) in [7, 11) is -1.25.